The molecule has 0 saturated carbocycles. The Bertz CT molecular complexity index is 1010. The van der Waals surface area contributed by atoms with E-state index in [2.05, 4.69) is 10.3 Å². The third-order valence-electron chi connectivity index (χ3n) is 4.74. The molecule has 2 aromatic rings. The minimum Gasteiger partial charge on any atom is -0.397 e. The number of rotatable bonds is 6. The number of hydrogen-bond donors (Lipinski definition) is 5. The van der Waals surface area contributed by atoms with Crippen LogP contribution in [0.4, 0.5) is 13.2 Å². The molecule has 0 radical (unpaired) electrons. The van der Waals surface area contributed by atoms with Crippen molar-refractivity contribution in [3.63, 3.8) is 0 Å². The molecule has 0 amide bonds. The Morgan fingerprint density at radius 3 is 2.50 bits per heavy atom. The van der Waals surface area contributed by atoms with Gasteiger partial charge in [0.2, 0.25) is 0 Å². The number of halogens is 3. The molecule has 8 nitrogen and oxygen atoms in total. The summed E-state index contributed by atoms with van der Waals surface area (Å²) in [5.74, 6) is -4.47. The van der Waals surface area contributed by atoms with Gasteiger partial charge in [-0.3, -0.25) is 0 Å². The lowest BCUT2D eigenvalue weighted by Gasteiger charge is -2.42. The summed E-state index contributed by atoms with van der Waals surface area (Å²) in [4.78, 5) is 4.49. The van der Waals surface area contributed by atoms with Crippen molar-refractivity contribution < 1.29 is 33.2 Å². The summed E-state index contributed by atoms with van der Waals surface area (Å²) in [7, 11) is 0. The number of aliphatic hydroxyl groups excluding tert-OH is 3. The van der Waals surface area contributed by atoms with Crippen LogP contribution >= 0.6 is 11.8 Å². The number of nitriles is 1. The molecule has 6 N–H and O–H groups in total. The molecule has 3 rings (SSSR count). The zero-order chi connectivity index (χ0) is 23.4. The number of nitrogens with two attached hydrogens (primary N) is 1. The molecule has 170 valence electrons. The zero-order valence-corrected chi connectivity index (χ0v) is 17.1. The van der Waals surface area contributed by atoms with Crippen LogP contribution < -0.4 is 11.1 Å². The van der Waals surface area contributed by atoms with Crippen molar-refractivity contribution in [3.8, 4) is 6.07 Å². The van der Waals surface area contributed by atoms with Crippen LogP contribution in [0.15, 0.2) is 41.6 Å². The molecule has 5 unspecified atom stereocenters. The molecule has 12 heteroatoms. The maximum atomic E-state index is 13.5. The lowest BCUT2D eigenvalue weighted by Crippen LogP contribution is -2.62. The lowest BCUT2D eigenvalue weighted by molar-refractivity contribution is -0.164. The summed E-state index contributed by atoms with van der Waals surface area (Å²) in [6.07, 6.45) is -1.23. The van der Waals surface area contributed by atoms with Crippen molar-refractivity contribution in [3.05, 3.63) is 65.4 Å². The molecular weight excluding hydrogens is 449 g/mol. The van der Waals surface area contributed by atoms with Crippen LogP contribution in [0.2, 0.25) is 0 Å². The van der Waals surface area contributed by atoms with Crippen LogP contribution in [0, 0.1) is 28.8 Å². The van der Waals surface area contributed by atoms with E-state index in [1.54, 1.807) is 6.07 Å². The minimum absolute atomic E-state index is 0.154. The molecular formula is C20H19F3N4O4S. The van der Waals surface area contributed by atoms with Crippen LogP contribution in [0.5, 0.6) is 0 Å². The highest BCUT2D eigenvalue weighted by atomic mass is 32.2. The van der Waals surface area contributed by atoms with Gasteiger partial charge >= 0.3 is 0 Å². The SMILES string of the molecule is N#Cc1ccc(SC2OC(CO)C(O)C(N/C=C(\N)c3cc(F)c(F)c(F)c3)C2O)cn1. The van der Waals surface area contributed by atoms with Gasteiger partial charge in [-0.2, -0.15) is 5.26 Å². The van der Waals surface area contributed by atoms with E-state index < -0.39 is 53.8 Å². The number of pyridine rings is 1. The van der Waals surface area contributed by atoms with Crippen molar-refractivity contribution in [1.29, 1.82) is 5.26 Å². The maximum Gasteiger partial charge on any atom is 0.194 e. The highest BCUT2D eigenvalue weighted by Gasteiger charge is 2.44. The molecule has 0 aliphatic carbocycles. The summed E-state index contributed by atoms with van der Waals surface area (Å²) >= 11 is 1.05. The van der Waals surface area contributed by atoms with Gasteiger partial charge in [-0.1, -0.05) is 11.8 Å². The first kappa shape index (κ1) is 23.8. The van der Waals surface area contributed by atoms with Gasteiger partial charge in [0.25, 0.3) is 0 Å². The van der Waals surface area contributed by atoms with Gasteiger partial charge in [0.15, 0.2) is 17.5 Å². The van der Waals surface area contributed by atoms with E-state index >= 15 is 0 Å². The van der Waals surface area contributed by atoms with Gasteiger partial charge in [0.05, 0.1) is 18.3 Å². The van der Waals surface area contributed by atoms with Crippen LogP contribution in [-0.4, -0.2) is 56.7 Å². The second kappa shape index (κ2) is 10.2. The third-order valence-corrected chi connectivity index (χ3v) is 5.87. The maximum absolute atomic E-state index is 13.5. The number of aliphatic hydroxyl groups is 3. The Morgan fingerprint density at radius 1 is 1.25 bits per heavy atom. The highest BCUT2D eigenvalue weighted by molar-refractivity contribution is 7.99. The van der Waals surface area contributed by atoms with Crippen LogP contribution in [-0.2, 0) is 4.74 Å². The molecule has 2 heterocycles. The first-order valence-electron chi connectivity index (χ1n) is 9.27. The molecule has 32 heavy (non-hydrogen) atoms. The molecule has 1 aromatic carbocycles. The van der Waals surface area contributed by atoms with Gasteiger partial charge in [-0.15, -0.1) is 0 Å². The van der Waals surface area contributed by atoms with Crippen molar-refractivity contribution >= 4 is 17.5 Å². The normalized spacial score (nSPS) is 25.9. The monoisotopic (exact) mass is 468 g/mol. The van der Waals surface area contributed by atoms with Crippen LogP contribution in [0.3, 0.4) is 0 Å². The minimum atomic E-state index is -1.63. The summed E-state index contributed by atoms with van der Waals surface area (Å²) in [5.41, 5.74) is 4.72. The molecule has 1 aliphatic rings. The molecule has 0 spiro atoms. The molecule has 0 bridgehead atoms. The number of hydrogen-bond acceptors (Lipinski definition) is 9. The predicted molar refractivity (Wildman–Crippen MR) is 108 cm³/mol. The third kappa shape index (κ3) is 5.14. The van der Waals surface area contributed by atoms with E-state index in [0.29, 0.717) is 17.0 Å². The van der Waals surface area contributed by atoms with Gasteiger partial charge in [-0.25, -0.2) is 18.2 Å². The fraction of sp³-hybridized carbons (Fsp3) is 0.300. The topological polar surface area (TPSA) is 145 Å². The van der Waals surface area contributed by atoms with Gasteiger partial charge in [0, 0.05) is 22.9 Å². The van der Waals surface area contributed by atoms with Crippen molar-refractivity contribution in [1.82, 2.24) is 10.3 Å². The Labute approximate surface area is 185 Å². The Hall–Kier alpha value is -2.82. The first-order chi connectivity index (χ1) is 15.2. The van der Waals surface area contributed by atoms with Crippen molar-refractivity contribution in [2.75, 3.05) is 6.61 Å². The van der Waals surface area contributed by atoms with E-state index in [4.69, 9.17) is 15.7 Å². The summed E-state index contributed by atoms with van der Waals surface area (Å²) < 4.78 is 45.6. The quantitative estimate of drug-likeness (QED) is 0.389. The molecule has 1 aromatic heterocycles. The van der Waals surface area contributed by atoms with Crippen molar-refractivity contribution in [2.24, 2.45) is 5.73 Å². The number of ether oxygens (including phenoxy) is 1. The van der Waals surface area contributed by atoms with E-state index in [1.165, 1.54) is 12.3 Å². The first-order valence-corrected chi connectivity index (χ1v) is 10.1. The summed E-state index contributed by atoms with van der Waals surface area (Å²) in [6, 6.07) is 5.29. The number of nitrogens with zero attached hydrogens (tertiary/aromatic N) is 2. The van der Waals surface area contributed by atoms with Gasteiger partial charge in [0.1, 0.15) is 35.5 Å². The fourth-order valence-corrected chi connectivity index (χ4v) is 4.06. The van der Waals surface area contributed by atoms with Gasteiger partial charge < -0.3 is 31.1 Å². The van der Waals surface area contributed by atoms with E-state index in [1.807, 2.05) is 6.07 Å². The highest BCUT2D eigenvalue weighted by Crippen LogP contribution is 2.33. The Balaban J connectivity index is 1.78. The van der Waals surface area contributed by atoms with Gasteiger partial charge in [-0.05, 0) is 24.3 Å². The van der Waals surface area contributed by atoms with E-state index in [9.17, 15) is 28.5 Å². The molecule has 5 atom stereocenters. The molecule has 1 fully saturated rings. The van der Waals surface area contributed by atoms with E-state index in [0.717, 1.165) is 18.0 Å². The standard InChI is InChI=1S/C20H19F3N4O4S/c21-12-3-9(4-13(22)16(12)23)14(25)7-27-17-18(29)15(8-28)31-20(19(17)30)32-11-2-1-10(5-24)26-6-11/h1-4,6-7,15,17-20,27-30H,8,25H2/b14-7-. The zero-order valence-electron chi connectivity index (χ0n) is 16.3. The summed E-state index contributed by atoms with van der Waals surface area (Å²) in [5, 5.41) is 42.2. The molecule has 1 saturated heterocycles. The fourth-order valence-electron chi connectivity index (χ4n) is 3.02. The average molecular weight is 468 g/mol. The Morgan fingerprint density at radius 2 is 1.94 bits per heavy atom. The number of benzene rings is 1. The number of aromatic nitrogens is 1. The van der Waals surface area contributed by atoms with Crippen LogP contribution in [0.25, 0.3) is 5.70 Å². The molecule has 1 aliphatic heterocycles. The lowest BCUT2D eigenvalue weighted by atomic mass is 9.97. The second-order valence-electron chi connectivity index (χ2n) is 6.86. The van der Waals surface area contributed by atoms with E-state index in [-0.39, 0.29) is 17.0 Å². The second-order valence-corrected chi connectivity index (χ2v) is 8.03. The summed E-state index contributed by atoms with van der Waals surface area (Å²) in [6.45, 7) is -0.553. The predicted octanol–water partition coefficient (Wildman–Crippen LogP) is 0.817. The average Bonchev–Trinajstić information content (AvgIpc) is 2.79. The Kier molecular flexibility index (Phi) is 7.60. The largest absolute Gasteiger partial charge is 0.397 e. The number of nitrogens with one attached hydrogen (secondary N) is 1. The van der Waals surface area contributed by atoms with Crippen molar-refractivity contribution in [2.45, 2.75) is 34.7 Å². The van der Waals surface area contributed by atoms with Crippen LogP contribution in [0.1, 0.15) is 11.3 Å². The number of thioether (sulfide) groups is 1. The smallest absolute Gasteiger partial charge is 0.194 e.